The minimum absolute atomic E-state index is 0.0542. The van der Waals surface area contributed by atoms with Crippen molar-refractivity contribution in [2.75, 3.05) is 6.54 Å². The second kappa shape index (κ2) is 10.8. The summed E-state index contributed by atoms with van der Waals surface area (Å²) in [6.45, 7) is 0.522. The predicted molar refractivity (Wildman–Crippen MR) is 141 cm³/mol. The van der Waals surface area contributed by atoms with Gasteiger partial charge in [0.2, 0.25) is 29.5 Å². The summed E-state index contributed by atoms with van der Waals surface area (Å²) in [4.78, 5) is 39.7. The molecule has 12 bridgehead atoms. The number of oxazole rings is 6. The lowest BCUT2D eigenvalue weighted by molar-refractivity contribution is 0.0928. The number of fused-ring (bicyclic) bond motifs is 16. The van der Waals surface area contributed by atoms with Gasteiger partial charge in [-0.15, -0.1) is 0 Å². The number of hydrogen-bond donors (Lipinski definition) is 2. The standard InChI is InChI=1S/C27H22N8O7/c28-7-2-1-4-14-15-8-39-26(32-15)19-12-41-24(34-19)17-10-37-21(29-17)5-3-6-22-30-18(11-38-22)25-35-20(13-42-25)27-33-16(9-40-27)23(36)31-14/h3,6,8-14H,1-2,4-5,7,28H2,(H,31,36). The summed E-state index contributed by atoms with van der Waals surface area (Å²) in [6.07, 6.45) is 14.2. The molecule has 1 atom stereocenters. The van der Waals surface area contributed by atoms with Crippen LogP contribution in [-0.4, -0.2) is 42.4 Å². The number of unbranched alkanes of at least 4 members (excludes halogenated alkanes) is 1. The Hall–Kier alpha value is -5.57. The van der Waals surface area contributed by atoms with Crippen LogP contribution in [0.1, 0.15) is 53.3 Å². The Bertz CT molecular complexity index is 1870. The largest absolute Gasteiger partial charge is 0.448 e. The Morgan fingerprint density at radius 3 is 2.05 bits per heavy atom. The van der Waals surface area contributed by atoms with E-state index < -0.39 is 11.9 Å². The quantitative estimate of drug-likeness (QED) is 0.280. The summed E-state index contributed by atoms with van der Waals surface area (Å²) in [7, 11) is 0. The van der Waals surface area contributed by atoms with Gasteiger partial charge >= 0.3 is 0 Å². The number of carbonyl (C=O) groups is 1. The van der Waals surface area contributed by atoms with Crippen molar-refractivity contribution in [3.05, 3.63) is 66.8 Å². The first kappa shape index (κ1) is 25.4. The van der Waals surface area contributed by atoms with E-state index >= 15 is 0 Å². The lowest BCUT2D eigenvalue weighted by atomic mass is 10.1. The van der Waals surface area contributed by atoms with Crippen molar-refractivity contribution in [1.82, 2.24) is 35.2 Å². The van der Waals surface area contributed by atoms with Crippen LogP contribution in [0.5, 0.6) is 0 Å². The van der Waals surface area contributed by atoms with E-state index in [0.717, 1.165) is 12.8 Å². The monoisotopic (exact) mass is 570 g/mol. The van der Waals surface area contributed by atoms with Crippen molar-refractivity contribution in [2.45, 2.75) is 31.7 Å². The molecule has 6 aromatic rings. The number of hydrogen-bond acceptors (Lipinski definition) is 14. The Morgan fingerprint density at radius 2 is 1.29 bits per heavy atom. The van der Waals surface area contributed by atoms with E-state index in [1.807, 2.05) is 0 Å². The number of carbonyl (C=O) groups excluding carboxylic acids is 1. The van der Waals surface area contributed by atoms with Crippen LogP contribution in [0, 0.1) is 0 Å². The Morgan fingerprint density at radius 1 is 0.690 bits per heavy atom. The highest BCUT2D eigenvalue weighted by atomic mass is 16.4. The second-order valence-corrected chi connectivity index (χ2v) is 9.31. The zero-order chi connectivity index (χ0) is 28.5. The van der Waals surface area contributed by atoms with Gasteiger partial charge in [0.15, 0.2) is 34.4 Å². The molecule has 15 nitrogen and oxygen atoms in total. The molecule has 0 saturated heterocycles. The highest BCUT2D eigenvalue weighted by Gasteiger charge is 2.24. The number of allylic oxidation sites excluding steroid dienone is 1. The smallest absolute Gasteiger partial charge is 0.273 e. The van der Waals surface area contributed by atoms with E-state index in [2.05, 4.69) is 35.2 Å². The number of nitrogens with two attached hydrogens (primary N) is 1. The summed E-state index contributed by atoms with van der Waals surface area (Å²) in [6, 6.07) is -0.496. The minimum atomic E-state index is -0.496. The first-order chi connectivity index (χ1) is 20.6. The summed E-state index contributed by atoms with van der Waals surface area (Å²) < 4.78 is 33.4. The van der Waals surface area contributed by atoms with E-state index in [1.54, 1.807) is 12.2 Å². The fraction of sp³-hybridized carbons (Fsp3) is 0.222. The van der Waals surface area contributed by atoms with Gasteiger partial charge in [0.25, 0.3) is 5.91 Å². The van der Waals surface area contributed by atoms with Crippen LogP contribution in [0.3, 0.4) is 0 Å². The van der Waals surface area contributed by atoms with Crippen molar-refractivity contribution in [2.24, 2.45) is 5.73 Å². The number of rotatable bonds is 4. The molecule has 0 radical (unpaired) electrons. The van der Waals surface area contributed by atoms with Crippen molar-refractivity contribution >= 4 is 12.0 Å². The van der Waals surface area contributed by atoms with Crippen LogP contribution < -0.4 is 11.1 Å². The van der Waals surface area contributed by atoms with Crippen LogP contribution in [0.25, 0.3) is 52.4 Å². The Labute approximate surface area is 235 Å². The molecule has 1 unspecified atom stereocenters. The third kappa shape index (κ3) is 5.03. The molecule has 0 saturated carbocycles. The zero-order valence-electron chi connectivity index (χ0n) is 21.9. The van der Waals surface area contributed by atoms with Gasteiger partial charge in [-0.05, 0) is 31.9 Å². The van der Waals surface area contributed by atoms with E-state index in [1.165, 1.54) is 37.6 Å². The SMILES string of the molecule is NCCCCC1NC(=O)c2coc(n2)-c2coc(n2)-c2coc(n2)C=CCc2nc(co2)-c2nc(co2)-c2nc1co2. The number of aromatic nitrogens is 6. The summed E-state index contributed by atoms with van der Waals surface area (Å²) in [5.74, 6) is 1.03. The van der Waals surface area contributed by atoms with Crippen molar-refractivity contribution < 1.29 is 31.3 Å². The first-order valence-corrected chi connectivity index (χ1v) is 13.0. The van der Waals surface area contributed by atoms with E-state index in [0.29, 0.717) is 53.9 Å². The highest BCUT2D eigenvalue weighted by molar-refractivity contribution is 5.92. The highest BCUT2D eigenvalue weighted by Crippen LogP contribution is 2.28. The average molecular weight is 571 g/mol. The summed E-state index contributed by atoms with van der Waals surface area (Å²) in [5, 5.41) is 2.95. The molecule has 1 aliphatic heterocycles. The minimum Gasteiger partial charge on any atom is -0.448 e. The molecule has 1 amide bonds. The molecule has 42 heavy (non-hydrogen) atoms. The van der Waals surface area contributed by atoms with E-state index in [-0.39, 0.29) is 35.0 Å². The predicted octanol–water partition coefficient (Wildman–Crippen LogP) is 4.45. The maximum Gasteiger partial charge on any atom is 0.273 e. The average Bonchev–Trinajstić information content (AvgIpc) is 3.82. The molecular formula is C27H22N8O7. The fourth-order valence-electron chi connectivity index (χ4n) is 4.28. The normalized spacial score (nSPS) is 15.0. The molecule has 0 spiro atoms. The van der Waals surface area contributed by atoms with Gasteiger partial charge < -0.3 is 37.6 Å². The first-order valence-electron chi connectivity index (χ1n) is 13.0. The van der Waals surface area contributed by atoms with Gasteiger partial charge in [0, 0.05) is 6.42 Å². The van der Waals surface area contributed by atoms with Gasteiger partial charge in [-0.25, -0.2) is 29.9 Å². The maximum absolute atomic E-state index is 13.2. The molecule has 15 heteroatoms. The molecular weight excluding hydrogens is 548 g/mol. The summed E-state index contributed by atoms with van der Waals surface area (Å²) >= 11 is 0. The molecule has 0 aromatic carbocycles. The molecule has 6 aromatic heterocycles. The lowest BCUT2D eigenvalue weighted by Gasteiger charge is -2.15. The molecule has 0 aliphatic carbocycles. The van der Waals surface area contributed by atoms with Crippen LogP contribution in [-0.2, 0) is 6.42 Å². The molecule has 3 N–H and O–H groups in total. The second-order valence-electron chi connectivity index (χ2n) is 9.31. The third-order valence-electron chi connectivity index (χ3n) is 6.38. The van der Waals surface area contributed by atoms with Gasteiger partial charge in [-0.2, -0.15) is 0 Å². The van der Waals surface area contributed by atoms with Crippen LogP contribution in [0.4, 0.5) is 0 Å². The van der Waals surface area contributed by atoms with Gasteiger partial charge in [0.05, 0.1) is 6.04 Å². The molecule has 7 rings (SSSR count). The molecule has 1 aliphatic rings. The van der Waals surface area contributed by atoms with Crippen molar-refractivity contribution in [3.63, 3.8) is 0 Å². The van der Waals surface area contributed by atoms with Gasteiger partial charge in [0.1, 0.15) is 43.3 Å². The molecule has 212 valence electrons. The Kier molecular flexibility index (Phi) is 6.52. The molecule has 0 fully saturated rings. The number of amides is 1. The van der Waals surface area contributed by atoms with Crippen LogP contribution in [0.15, 0.2) is 70.2 Å². The maximum atomic E-state index is 13.2. The topological polar surface area (TPSA) is 211 Å². The van der Waals surface area contributed by atoms with E-state index in [4.69, 9.17) is 32.2 Å². The van der Waals surface area contributed by atoms with Crippen molar-refractivity contribution in [3.8, 4) is 46.3 Å². The Balaban J connectivity index is 1.24. The van der Waals surface area contributed by atoms with Gasteiger partial charge in [-0.3, -0.25) is 4.79 Å². The summed E-state index contributed by atoms with van der Waals surface area (Å²) in [5.41, 5.74) is 7.65. The lowest BCUT2D eigenvalue weighted by Crippen LogP contribution is -2.29. The van der Waals surface area contributed by atoms with Gasteiger partial charge in [-0.1, -0.05) is 6.08 Å². The van der Waals surface area contributed by atoms with E-state index in [9.17, 15) is 4.79 Å². The van der Waals surface area contributed by atoms with Crippen LogP contribution in [0.2, 0.25) is 0 Å². The number of nitrogens with one attached hydrogen (secondary N) is 1. The number of nitrogens with zero attached hydrogens (tertiary/aromatic N) is 6. The zero-order valence-corrected chi connectivity index (χ0v) is 21.9. The molecule has 7 heterocycles. The third-order valence-corrected chi connectivity index (χ3v) is 6.38. The van der Waals surface area contributed by atoms with Crippen molar-refractivity contribution in [1.29, 1.82) is 0 Å². The van der Waals surface area contributed by atoms with Crippen LogP contribution >= 0.6 is 0 Å². The fourth-order valence-corrected chi connectivity index (χ4v) is 4.28.